The first-order chi connectivity index (χ1) is 28.0. The smallest absolute Gasteiger partial charge is 0.407 e. The third-order valence-corrected chi connectivity index (χ3v) is 13.7. The van der Waals surface area contributed by atoms with Crippen LogP contribution < -0.4 is 24.8 Å². The van der Waals surface area contributed by atoms with Gasteiger partial charge in [-0.05, 0) is 61.5 Å². The number of fused-ring (bicyclic) bond motifs is 3. The van der Waals surface area contributed by atoms with Crippen molar-refractivity contribution in [2.75, 3.05) is 20.3 Å². The third-order valence-electron chi connectivity index (χ3n) is 11.9. The topological polar surface area (TPSA) is 182 Å². The van der Waals surface area contributed by atoms with Crippen molar-refractivity contribution in [3.8, 4) is 22.8 Å². The maximum absolute atomic E-state index is 14.8. The zero-order valence-corrected chi connectivity index (χ0v) is 35.2. The van der Waals surface area contributed by atoms with Crippen molar-refractivity contribution < 1.29 is 41.8 Å². The number of ether oxygens (including phenoxy) is 3. The summed E-state index contributed by atoms with van der Waals surface area (Å²) in [7, 11) is -2.28. The summed E-state index contributed by atoms with van der Waals surface area (Å²) in [5.41, 5.74) is 0.758. The average molecular weight is 830 g/mol. The molecule has 3 fully saturated rings. The number of aryl methyl sites for hydroxylation is 1. The Hall–Kier alpha value is -5.18. The van der Waals surface area contributed by atoms with Gasteiger partial charge in [-0.25, -0.2) is 18.2 Å². The molecule has 1 aromatic heterocycles. The molecule has 6 atom stereocenters. The van der Waals surface area contributed by atoms with Gasteiger partial charge in [-0.2, -0.15) is 0 Å². The van der Waals surface area contributed by atoms with Crippen molar-refractivity contribution in [2.45, 2.75) is 108 Å². The largest absolute Gasteiger partial charge is 0.496 e. The summed E-state index contributed by atoms with van der Waals surface area (Å²) in [6.07, 6.45) is 4.40. The summed E-state index contributed by atoms with van der Waals surface area (Å²) >= 11 is 0. The van der Waals surface area contributed by atoms with Crippen LogP contribution in [0.25, 0.3) is 22.2 Å². The van der Waals surface area contributed by atoms with Crippen molar-refractivity contribution in [3.63, 3.8) is 0 Å². The number of aromatic nitrogens is 1. The molecule has 7 rings (SSSR count). The van der Waals surface area contributed by atoms with E-state index in [0.717, 1.165) is 42.2 Å². The second-order valence-electron chi connectivity index (χ2n) is 17.6. The van der Waals surface area contributed by atoms with Gasteiger partial charge in [-0.3, -0.25) is 19.1 Å². The van der Waals surface area contributed by atoms with E-state index in [0.29, 0.717) is 35.6 Å². The summed E-state index contributed by atoms with van der Waals surface area (Å²) in [4.78, 5) is 62.7. The normalized spacial score (nSPS) is 26.7. The molecule has 316 valence electrons. The van der Waals surface area contributed by atoms with Gasteiger partial charge >= 0.3 is 6.09 Å². The number of amides is 4. The minimum absolute atomic E-state index is 0.0285. The number of nitrogens with one attached hydrogen (secondary N) is 3. The Morgan fingerprint density at radius 3 is 2.49 bits per heavy atom. The number of rotatable bonds is 8. The standard InChI is InChI=1S/C44H55N5O9S/c1-7-29-23-44(29,41(52)48-59(54,55)31-17-18-31)47-39(50)35-20-30-24-49(35)40(51)38(43(3,4)5)46-42(53)57-25-26(2)13-11-12-16-28-19-32-34(22-36(28)56-6)45-33(21-37(32)58-30)27-14-9-8-10-15-27/h7-10,14-15,19,21-22,26,29-31,35,38H,1,11-13,16-18,20,23-25H2,2-6H3,(H,46,53)(H,47,50)(H,48,52)/t26?,29-,30-,35+,38-,44-/m1/s1. The lowest BCUT2D eigenvalue weighted by Crippen LogP contribution is -2.60. The summed E-state index contributed by atoms with van der Waals surface area (Å²) in [5.74, 6) is -1.30. The van der Waals surface area contributed by atoms with E-state index >= 15 is 0 Å². The molecule has 2 aliphatic carbocycles. The van der Waals surface area contributed by atoms with Crippen molar-refractivity contribution >= 4 is 44.7 Å². The number of cyclic esters (lactones) is 1. The number of methoxy groups -OCH3 is 1. The fourth-order valence-electron chi connectivity index (χ4n) is 8.16. The molecule has 15 heteroatoms. The lowest BCUT2D eigenvalue weighted by atomic mass is 9.85. The number of carbonyl (C=O) groups is 4. The van der Waals surface area contributed by atoms with Gasteiger partial charge in [0, 0.05) is 35.4 Å². The summed E-state index contributed by atoms with van der Waals surface area (Å²) < 4.78 is 46.2. The molecule has 3 aromatic rings. The van der Waals surface area contributed by atoms with E-state index in [1.807, 2.05) is 76.2 Å². The highest BCUT2D eigenvalue weighted by molar-refractivity contribution is 7.91. The summed E-state index contributed by atoms with van der Waals surface area (Å²) in [6.45, 7) is 11.4. The Morgan fingerprint density at radius 1 is 1.08 bits per heavy atom. The van der Waals surface area contributed by atoms with Crippen molar-refractivity contribution in [2.24, 2.45) is 17.3 Å². The summed E-state index contributed by atoms with van der Waals surface area (Å²) in [5, 5.41) is 5.72. The van der Waals surface area contributed by atoms with Crippen molar-refractivity contribution in [1.29, 1.82) is 0 Å². The predicted molar refractivity (Wildman–Crippen MR) is 222 cm³/mol. The van der Waals surface area contributed by atoms with Gasteiger partial charge < -0.3 is 29.7 Å². The molecule has 59 heavy (non-hydrogen) atoms. The lowest BCUT2D eigenvalue weighted by molar-refractivity contribution is -0.142. The fourth-order valence-corrected chi connectivity index (χ4v) is 9.53. The van der Waals surface area contributed by atoms with E-state index in [4.69, 9.17) is 19.2 Å². The van der Waals surface area contributed by atoms with Crippen molar-refractivity contribution in [1.82, 2.24) is 25.2 Å². The van der Waals surface area contributed by atoms with E-state index < -0.39 is 74.1 Å². The van der Waals surface area contributed by atoms with Crippen LogP contribution >= 0.6 is 0 Å². The number of benzene rings is 2. The molecule has 4 aliphatic rings. The Bertz CT molecular complexity index is 2240. The second kappa shape index (κ2) is 16.5. The SMILES string of the molecule is C=C[C@@H]1C[C@]1(NC(=O)[C@@H]1C[C@@H]2CN1C(=O)[C@H](C(C)(C)C)NC(=O)OCC(C)CCCCc1cc3c(cc(-c4ccccc4)nc3cc1OC)O2)C(=O)NS(=O)(=O)C1CC1. The molecule has 2 aromatic carbocycles. The maximum Gasteiger partial charge on any atom is 0.407 e. The van der Waals surface area contributed by atoms with Gasteiger partial charge in [0.25, 0.3) is 5.91 Å². The first-order valence-corrected chi connectivity index (χ1v) is 22.1. The van der Waals surface area contributed by atoms with Crippen LogP contribution in [0.4, 0.5) is 4.79 Å². The minimum atomic E-state index is -3.92. The van der Waals surface area contributed by atoms with E-state index in [1.54, 1.807) is 7.11 Å². The molecule has 1 saturated heterocycles. The number of alkyl carbamates (subject to hydrolysis) is 1. The van der Waals surface area contributed by atoms with Crippen LogP contribution in [0.5, 0.6) is 11.5 Å². The monoisotopic (exact) mass is 829 g/mol. The van der Waals surface area contributed by atoms with Crippen LogP contribution in [0, 0.1) is 17.3 Å². The Balaban J connectivity index is 1.28. The molecule has 4 amide bonds. The van der Waals surface area contributed by atoms with Gasteiger partial charge in [0.1, 0.15) is 35.2 Å². The number of carbonyl (C=O) groups excluding carboxylic acids is 4. The van der Waals surface area contributed by atoms with Crippen LogP contribution in [0.1, 0.15) is 78.2 Å². The van der Waals surface area contributed by atoms with E-state index in [9.17, 15) is 27.6 Å². The maximum atomic E-state index is 14.8. The zero-order valence-electron chi connectivity index (χ0n) is 34.4. The molecule has 1 unspecified atom stereocenters. The highest BCUT2D eigenvalue weighted by Crippen LogP contribution is 2.46. The molecule has 4 bridgehead atoms. The van der Waals surface area contributed by atoms with E-state index in [-0.39, 0.29) is 31.9 Å². The first kappa shape index (κ1) is 42.0. The number of pyridine rings is 1. The molecule has 0 radical (unpaired) electrons. The molecular formula is C44H55N5O9S. The van der Waals surface area contributed by atoms with Gasteiger partial charge in [0.15, 0.2) is 0 Å². The van der Waals surface area contributed by atoms with Crippen LogP contribution in [0.3, 0.4) is 0 Å². The van der Waals surface area contributed by atoms with Gasteiger partial charge in [0.05, 0.1) is 36.7 Å². The number of hydrogen-bond acceptors (Lipinski definition) is 10. The fraction of sp³-hybridized carbons (Fsp3) is 0.523. The lowest BCUT2D eigenvalue weighted by Gasteiger charge is -2.35. The number of sulfonamides is 1. The number of nitrogens with zero attached hydrogens (tertiary/aromatic N) is 2. The minimum Gasteiger partial charge on any atom is -0.496 e. The van der Waals surface area contributed by atoms with E-state index in [1.165, 1.54) is 11.0 Å². The van der Waals surface area contributed by atoms with Crippen LogP contribution in [-0.2, 0) is 35.6 Å². The average Bonchev–Trinajstić information content (AvgIpc) is 4.13. The third kappa shape index (κ3) is 9.04. The zero-order chi connectivity index (χ0) is 42.3. The van der Waals surface area contributed by atoms with Gasteiger partial charge in [-0.15, -0.1) is 6.58 Å². The Kier molecular flexibility index (Phi) is 11.7. The highest BCUT2D eigenvalue weighted by Gasteiger charge is 2.62. The van der Waals surface area contributed by atoms with Crippen LogP contribution in [0.2, 0.25) is 0 Å². The molecule has 3 N–H and O–H groups in total. The van der Waals surface area contributed by atoms with Crippen LogP contribution in [0.15, 0.2) is 61.2 Å². The summed E-state index contributed by atoms with van der Waals surface area (Å²) in [6, 6.07) is 13.2. The Morgan fingerprint density at radius 2 is 1.83 bits per heavy atom. The van der Waals surface area contributed by atoms with E-state index in [2.05, 4.69) is 21.9 Å². The second-order valence-corrected chi connectivity index (χ2v) is 19.6. The quantitative estimate of drug-likeness (QED) is 0.248. The molecule has 14 nitrogen and oxygen atoms in total. The molecule has 3 heterocycles. The van der Waals surface area contributed by atoms with Crippen molar-refractivity contribution in [3.05, 3.63) is 66.7 Å². The highest BCUT2D eigenvalue weighted by atomic mass is 32.2. The number of hydrogen-bond donors (Lipinski definition) is 3. The van der Waals surface area contributed by atoms with Crippen LogP contribution in [-0.4, -0.2) is 91.4 Å². The molecule has 2 aliphatic heterocycles. The molecule has 0 spiro atoms. The first-order valence-electron chi connectivity index (χ1n) is 20.5. The predicted octanol–water partition coefficient (Wildman–Crippen LogP) is 5.43. The molecular weight excluding hydrogens is 775 g/mol. The molecule has 2 saturated carbocycles. The Labute approximate surface area is 345 Å². The van der Waals surface area contributed by atoms with Gasteiger partial charge in [0.2, 0.25) is 21.8 Å². The van der Waals surface area contributed by atoms with Gasteiger partial charge in [-0.1, -0.05) is 70.5 Å².